The fourth-order valence-electron chi connectivity index (χ4n) is 5.35. The maximum Gasteiger partial charge on any atom is 0.310 e. The van der Waals surface area contributed by atoms with Gasteiger partial charge < -0.3 is 9.84 Å². The lowest BCUT2D eigenvalue weighted by atomic mass is 9.85. The van der Waals surface area contributed by atoms with Crippen LogP contribution in [0.2, 0.25) is 0 Å². The number of ether oxygens (including phenoxy) is 1. The molecule has 0 spiro atoms. The Hall–Kier alpha value is -2.63. The standard InChI is InChI=1S/C15H21NO2.C14H20O3/c1-9(2)4-3-7-16-14(17)12-10-5-6-11(8-10)13(12)15(16)18;1-11(2)4-3-9-17-14(16)10-12-5-7-13(15)8-6-12/h5-6,9-13H,3-4,7-8H2,1-2H3;5-8,11,15H,3-4,9-10H2,1-2H3. The van der Waals surface area contributed by atoms with E-state index in [9.17, 15) is 14.4 Å². The second-order valence-electron chi connectivity index (χ2n) is 11.0. The van der Waals surface area contributed by atoms with Crippen LogP contribution in [0, 0.1) is 35.5 Å². The lowest BCUT2D eigenvalue weighted by molar-refractivity contribution is -0.143. The van der Waals surface area contributed by atoms with Gasteiger partial charge in [0.15, 0.2) is 0 Å². The van der Waals surface area contributed by atoms with E-state index in [0.29, 0.717) is 36.8 Å². The lowest BCUT2D eigenvalue weighted by Crippen LogP contribution is -2.33. The summed E-state index contributed by atoms with van der Waals surface area (Å²) in [6, 6.07) is 6.60. The van der Waals surface area contributed by atoms with E-state index >= 15 is 0 Å². The summed E-state index contributed by atoms with van der Waals surface area (Å²) >= 11 is 0. The number of amides is 2. The Balaban J connectivity index is 0.000000196. The zero-order valence-electron chi connectivity index (χ0n) is 21.6. The van der Waals surface area contributed by atoms with E-state index in [1.54, 1.807) is 29.2 Å². The van der Waals surface area contributed by atoms with Gasteiger partial charge in [-0.15, -0.1) is 0 Å². The number of phenolic OH excluding ortho intramolecular Hbond substituents is 1. The molecule has 2 fully saturated rings. The third-order valence-electron chi connectivity index (χ3n) is 7.20. The quantitative estimate of drug-likeness (QED) is 0.215. The number of carbonyl (C=O) groups excluding carboxylic acids is 3. The highest BCUT2D eigenvalue weighted by atomic mass is 16.5. The first kappa shape index (κ1) is 27.0. The molecule has 3 aliphatic rings. The van der Waals surface area contributed by atoms with Crippen LogP contribution in [-0.4, -0.2) is 40.9 Å². The molecule has 1 aliphatic heterocycles. The largest absolute Gasteiger partial charge is 0.508 e. The minimum atomic E-state index is -0.209. The van der Waals surface area contributed by atoms with Gasteiger partial charge in [-0.2, -0.15) is 0 Å². The predicted molar refractivity (Wildman–Crippen MR) is 135 cm³/mol. The number of esters is 1. The molecular formula is C29H41NO5. The Morgan fingerprint density at radius 2 is 1.49 bits per heavy atom. The van der Waals surface area contributed by atoms with Gasteiger partial charge in [0, 0.05) is 6.54 Å². The monoisotopic (exact) mass is 483 g/mol. The molecule has 1 heterocycles. The van der Waals surface area contributed by atoms with E-state index in [0.717, 1.165) is 37.7 Å². The first-order valence-corrected chi connectivity index (χ1v) is 13.1. The van der Waals surface area contributed by atoms with Crippen LogP contribution in [0.5, 0.6) is 5.75 Å². The number of hydrogen-bond acceptors (Lipinski definition) is 5. The predicted octanol–water partition coefficient (Wildman–Crippen LogP) is 5.14. The number of imide groups is 1. The number of nitrogens with zero attached hydrogens (tertiary/aromatic N) is 1. The summed E-state index contributed by atoms with van der Waals surface area (Å²) in [6.07, 6.45) is 9.60. The number of fused-ring (bicyclic) bond motifs is 5. The summed E-state index contributed by atoms with van der Waals surface area (Å²) in [6.45, 7) is 9.77. The van der Waals surface area contributed by atoms with Gasteiger partial charge >= 0.3 is 5.97 Å². The Bertz CT molecular complexity index is 874. The van der Waals surface area contributed by atoms with Crippen molar-refractivity contribution in [3.63, 3.8) is 0 Å². The molecule has 1 aromatic rings. The van der Waals surface area contributed by atoms with Crippen molar-refractivity contribution in [2.75, 3.05) is 13.2 Å². The molecule has 6 heteroatoms. The topological polar surface area (TPSA) is 83.9 Å². The van der Waals surface area contributed by atoms with Crippen LogP contribution in [0.3, 0.4) is 0 Å². The summed E-state index contributed by atoms with van der Waals surface area (Å²) in [4.78, 5) is 37.7. The number of rotatable bonds is 10. The van der Waals surface area contributed by atoms with Crippen LogP contribution < -0.4 is 0 Å². The molecule has 35 heavy (non-hydrogen) atoms. The van der Waals surface area contributed by atoms with Crippen molar-refractivity contribution in [3.05, 3.63) is 42.0 Å². The molecule has 4 rings (SSSR count). The van der Waals surface area contributed by atoms with Crippen LogP contribution >= 0.6 is 0 Å². The van der Waals surface area contributed by atoms with Gasteiger partial charge in [0.2, 0.25) is 11.8 Å². The van der Waals surface area contributed by atoms with E-state index < -0.39 is 0 Å². The number of carbonyl (C=O) groups is 3. The van der Waals surface area contributed by atoms with Crippen LogP contribution in [0.15, 0.2) is 36.4 Å². The van der Waals surface area contributed by atoms with E-state index in [2.05, 4.69) is 39.8 Å². The number of phenols is 1. The zero-order chi connectivity index (χ0) is 25.5. The molecule has 1 aromatic carbocycles. The number of aromatic hydroxyl groups is 1. The first-order valence-electron chi connectivity index (χ1n) is 13.1. The van der Waals surface area contributed by atoms with Crippen LogP contribution in [0.25, 0.3) is 0 Å². The van der Waals surface area contributed by atoms with E-state index in [1.807, 2.05) is 0 Å². The van der Waals surface area contributed by atoms with Gasteiger partial charge in [0.1, 0.15) is 5.75 Å². The van der Waals surface area contributed by atoms with Crippen molar-refractivity contribution in [2.24, 2.45) is 35.5 Å². The summed E-state index contributed by atoms with van der Waals surface area (Å²) < 4.78 is 5.13. The van der Waals surface area contributed by atoms with Crippen LogP contribution in [0.4, 0.5) is 0 Å². The molecule has 1 N–H and O–H groups in total. The minimum Gasteiger partial charge on any atom is -0.508 e. The van der Waals surface area contributed by atoms with Gasteiger partial charge in [0.25, 0.3) is 0 Å². The van der Waals surface area contributed by atoms with Crippen molar-refractivity contribution in [3.8, 4) is 5.75 Å². The fraction of sp³-hybridized carbons (Fsp3) is 0.621. The molecule has 1 saturated heterocycles. The number of benzene rings is 1. The summed E-state index contributed by atoms with van der Waals surface area (Å²) in [5.74, 6) is 2.12. The van der Waals surface area contributed by atoms with Gasteiger partial charge in [-0.25, -0.2) is 0 Å². The molecule has 2 bridgehead atoms. The molecular weight excluding hydrogens is 442 g/mol. The molecule has 4 unspecified atom stereocenters. The second-order valence-corrected chi connectivity index (χ2v) is 11.0. The minimum absolute atomic E-state index is 0.0217. The molecule has 0 aromatic heterocycles. The third kappa shape index (κ3) is 7.18. The van der Waals surface area contributed by atoms with Gasteiger partial charge in [-0.3, -0.25) is 19.3 Å². The smallest absolute Gasteiger partial charge is 0.310 e. The van der Waals surface area contributed by atoms with Crippen LogP contribution in [0.1, 0.15) is 65.4 Å². The average molecular weight is 484 g/mol. The SMILES string of the molecule is CC(C)CCCN1C(=O)C2C3C=CC(C3)C2C1=O.CC(C)CCCOC(=O)Cc1ccc(O)cc1. The van der Waals surface area contributed by atoms with Crippen molar-refractivity contribution in [1.82, 2.24) is 4.90 Å². The summed E-state index contributed by atoms with van der Waals surface area (Å²) in [5.41, 5.74) is 0.858. The molecule has 1 saturated carbocycles. The summed E-state index contributed by atoms with van der Waals surface area (Å²) in [5, 5.41) is 9.10. The van der Waals surface area contributed by atoms with Crippen molar-refractivity contribution in [2.45, 2.75) is 66.2 Å². The number of allylic oxidation sites excluding steroid dienone is 2. The van der Waals surface area contributed by atoms with Gasteiger partial charge in [0.05, 0.1) is 24.9 Å². The lowest BCUT2D eigenvalue weighted by Gasteiger charge is -2.17. The molecule has 6 nitrogen and oxygen atoms in total. The maximum absolute atomic E-state index is 12.3. The molecule has 192 valence electrons. The van der Waals surface area contributed by atoms with Gasteiger partial charge in [-0.05, 0) is 73.5 Å². The van der Waals surface area contributed by atoms with Crippen molar-refractivity contribution < 1.29 is 24.2 Å². The number of likely N-dealkylation sites (tertiary alicyclic amines) is 1. The summed E-state index contributed by atoms with van der Waals surface area (Å²) in [7, 11) is 0. The van der Waals surface area contributed by atoms with Gasteiger partial charge in [-0.1, -0.05) is 52.0 Å². The van der Waals surface area contributed by atoms with E-state index in [-0.39, 0.29) is 41.8 Å². The fourth-order valence-corrected chi connectivity index (χ4v) is 5.35. The highest BCUT2D eigenvalue weighted by molar-refractivity contribution is 6.06. The Labute approximate surface area is 209 Å². The van der Waals surface area contributed by atoms with Crippen molar-refractivity contribution in [1.29, 1.82) is 0 Å². The zero-order valence-corrected chi connectivity index (χ0v) is 21.6. The molecule has 0 radical (unpaired) electrons. The maximum atomic E-state index is 12.3. The molecule has 2 amide bonds. The average Bonchev–Trinajstić information content (AvgIpc) is 3.48. The van der Waals surface area contributed by atoms with E-state index in [4.69, 9.17) is 9.84 Å². The Morgan fingerprint density at radius 3 is 2.03 bits per heavy atom. The third-order valence-corrected chi connectivity index (χ3v) is 7.20. The first-order chi connectivity index (χ1) is 16.7. The van der Waals surface area contributed by atoms with Crippen molar-refractivity contribution >= 4 is 17.8 Å². The Morgan fingerprint density at radius 1 is 0.943 bits per heavy atom. The highest BCUT2D eigenvalue weighted by Gasteiger charge is 2.58. The van der Waals surface area contributed by atoms with Crippen LogP contribution in [-0.2, 0) is 25.5 Å². The molecule has 4 atom stereocenters. The normalized spacial score (nSPS) is 24.2. The highest BCUT2D eigenvalue weighted by Crippen LogP contribution is 2.52. The van der Waals surface area contributed by atoms with E-state index in [1.165, 1.54) is 0 Å². The molecule has 2 aliphatic carbocycles. The second kappa shape index (κ2) is 12.4. The Kier molecular flexibility index (Phi) is 9.53. The number of hydrogen-bond donors (Lipinski definition) is 1.